The fraction of sp³-hybridized carbons (Fsp3) is 0.321. The van der Waals surface area contributed by atoms with E-state index in [1.54, 1.807) is 24.3 Å². The number of hydrogen-bond donors (Lipinski definition) is 1. The molecule has 208 valence electrons. The van der Waals surface area contributed by atoms with E-state index in [1.807, 2.05) is 18.2 Å². The highest BCUT2D eigenvalue weighted by Gasteiger charge is 2.28. The number of methoxy groups -OCH3 is 2. The number of halogens is 1. The van der Waals surface area contributed by atoms with Gasteiger partial charge in [0.05, 0.1) is 38.0 Å². The van der Waals surface area contributed by atoms with Gasteiger partial charge in [0, 0.05) is 37.3 Å². The Morgan fingerprint density at radius 3 is 2.36 bits per heavy atom. The van der Waals surface area contributed by atoms with Crippen LogP contribution in [0.25, 0.3) is 0 Å². The number of benzene rings is 3. The molecule has 1 fully saturated rings. The first-order valence-electron chi connectivity index (χ1n) is 12.4. The lowest BCUT2D eigenvalue weighted by atomic mass is 10.1. The van der Waals surface area contributed by atoms with E-state index in [0.717, 1.165) is 48.3 Å². The van der Waals surface area contributed by atoms with Gasteiger partial charge in [-0.3, -0.25) is 14.0 Å². The Labute approximate surface area is 234 Å². The van der Waals surface area contributed by atoms with Gasteiger partial charge >= 0.3 is 0 Å². The number of anilines is 1. The van der Waals surface area contributed by atoms with Crippen LogP contribution in [-0.2, 0) is 32.6 Å². The molecule has 1 heterocycles. The molecule has 1 aliphatic heterocycles. The molecule has 0 bridgehead atoms. The van der Waals surface area contributed by atoms with Crippen LogP contribution in [0.3, 0.4) is 0 Å². The number of ether oxygens (including phenoxy) is 3. The van der Waals surface area contributed by atoms with Crippen molar-refractivity contribution in [1.29, 1.82) is 0 Å². The Kier molecular flexibility index (Phi) is 9.68. The Balaban J connectivity index is 1.50. The first-order chi connectivity index (χ1) is 18.8. The molecule has 1 aliphatic rings. The fourth-order valence-electron chi connectivity index (χ4n) is 4.27. The van der Waals surface area contributed by atoms with Gasteiger partial charge in [0.1, 0.15) is 6.54 Å². The van der Waals surface area contributed by atoms with Crippen molar-refractivity contribution in [3.63, 3.8) is 0 Å². The van der Waals surface area contributed by atoms with Crippen LogP contribution in [0.1, 0.15) is 11.1 Å². The number of rotatable bonds is 11. The summed E-state index contributed by atoms with van der Waals surface area (Å²) in [6.07, 6.45) is 0. The van der Waals surface area contributed by atoms with Crippen LogP contribution >= 0.6 is 11.6 Å². The summed E-state index contributed by atoms with van der Waals surface area (Å²) < 4.78 is 44.4. The van der Waals surface area contributed by atoms with Gasteiger partial charge in [-0.05, 0) is 47.5 Å². The topological polar surface area (TPSA) is 97.4 Å². The zero-order valence-corrected chi connectivity index (χ0v) is 23.5. The molecule has 1 amide bonds. The minimum absolute atomic E-state index is 0.0429. The van der Waals surface area contributed by atoms with Crippen LogP contribution < -0.4 is 19.1 Å². The lowest BCUT2D eigenvalue weighted by Crippen LogP contribution is -2.40. The molecule has 3 aromatic rings. The van der Waals surface area contributed by atoms with Gasteiger partial charge < -0.3 is 19.5 Å². The zero-order valence-electron chi connectivity index (χ0n) is 21.9. The number of sulfonamides is 1. The summed E-state index contributed by atoms with van der Waals surface area (Å²) in [5, 5.41) is 3.30. The monoisotopic (exact) mass is 573 g/mol. The van der Waals surface area contributed by atoms with Crippen LogP contribution in [0.2, 0.25) is 5.02 Å². The minimum Gasteiger partial charge on any atom is -0.493 e. The maximum Gasteiger partial charge on any atom is 0.264 e. The normalized spacial score (nSPS) is 14.0. The molecular formula is C28H32ClN3O6S. The van der Waals surface area contributed by atoms with Crippen molar-refractivity contribution in [2.75, 3.05) is 51.4 Å². The van der Waals surface area contributed by atoms with E-state index in [2.05, 4.69) is 16.3 Å². The van der Waals surface area contributed by atoms with Gasteiger partial charge in [0.15, 0.2) is 11.5 Å². The van der Waals surface area contributed by atoms with Crippen molar-refractivity contribution in [3.8, 4) is 11.5 Å². The SMILES string of the molecule is COc1ccc(S(=O)(=O)N(CC(=O)NCc2cccc(CN3CCOCC3)c2)c2ccc(Cl)cc2)cc1OC. The van der Waals surface area contributed by atoms with Gasteiger partial charge in [-0.2, -0.15) is 0 Å². The predicted octanol–water partition coefficient (Wildman–Crippen LogP) is 3.70. The minimum atomic E-state index is -4.15. The van der Waals surface area contributed by atoms with E-state index in [-0.39, 0.29) is 17.2 Å². The summed E-state index contributed by atoms with van der Waals surface area (Å²) in [7, 11) is -1.26. The van der Waals surface area contributed by atoms with Crippen molar-refractivity contribution in [3.05, 3.63) is 82.9 Å². The Hall–Kier alpha value is -3.31. The first kappa shape index (κ1) is 28.7. The lowest BCUT2D eigenvalue weighted by Gasteiger charge is -2.26. The average molecular weight is 574 g/mol. The third-order valence-electron chi connectivity index (χ3n) is 6.34. The standard InChI is InChI=1S/C28H32ClN3O6S/c1-36-26-11-10-25(17-27(26)37-2)39(34,35)32(24-8-6-23(29)7-9-24)20-28(33)30-18-21-4-3-5-22(16-21)19-31-12-14-38-15-13-31/h3-11,16-17H,12-15,18-20H2,1-2H3,(H,30,33). The lowest BCUT2D eigenvalue weighted by molar-refractivity contribution is -0.119. The number of hydrogen-bond acceptors (Lipinski definition) is 7. The second-order valence-corrected chi connectivity index (χ2v) is 11.3. The predicted molar refractivity (Wildman–Crippen MR) is 150 cm³/mol. The van der Waals surface area contributed by atoms with Crippen molar-refractivity contribution >= 4 is 33.2 Å². The summed E-state index contributed by atoms with van der Waals surface area (Å²) in [6, 6.07) is 18.6. The molecule has 9 nitrogen and oxygen atoms in total. The molecule has 0 unspecified atom stereocenters. The van der Waals surface area contributed by atoms with Crippen molar-refractivity contribution in [2.45, 2.75) is 18.0 Å². The van der Waals surface area contributed by atoms with Gasteiger partial charge in [-0.1, -0.05) is 35.9 Å². The molecule has 0 aromatic heterocycles. The maximum absolute atomic E-state index is 13.7. The summed E-state index contributed by atoms with van der Waals surface area (Å²) in [4.78, 5) is 15.3. The highest BCUT2D eigenvalue weighted by molar-refractivity contribution is 7.92. The maximum atomic E-state index is 13.7. The van der Waals surface area contributed by atoms with E-state index < -0.39 is 22.5 Å². The second-order valence-electron chi connectivity index (χ2n) is 8.99. The third kappa shape index (κ3) is 7.42. The van der Waals surface area contributed by atoms with Crippen LogP contribution in [0.4, 0.5) is 5.69 Å². The summed E-state index contributed by atoms with van der Waals surface area (Å²) in [5.41, 5.74) is 2.37. The highest BCUT2D eigenvalue weighted by atomic mass is 35.5. The van der Waals surface area contributed by atoms with Crippen molar-refractivity contribution in [2.24, 2.45) is 0 Å². The molecule has 0 atom stereocenters. The smallest absolute Gasteiger partial charge is 0.264 e. The number of nitrogens with one attached hydrogen (secondary N) is 1. The number of morpholine rings is 1. The molecule has 39 heavy (non-hydrogen) atoms. The third-order valence-corrected chi connectivity index (χ3v) is 8.36. The number of carbonyl (C=O) groups is 1. The van der Waals surface area contributed by atoms with Crippen LogP contribution in [0, 0.1) is 0 Å². The summed E-state index contributed by atoms with van der Waals surface area (Å²) >= 11 is 6.03. The fourth-order valence-corrected chi connectivity index (χ4v) is 5.83. The molecule has 0 spiro atoms. The molecular weight excluding hydrogens is 542 g/mol. The van der Waals surface area contributed by atoms with Gasteiger partial charge in [-0.25, -0.2) is 8.42 Å². The second kappa shape index (κ2) is 13.2. The molecule has 4 rings (SSSR count). The largest absolute Gasteiger partial charge is 0.493 e. The summed E-state index contributed by atoms with van der Waals surface area (Å²) in [5.74, 6) is 0.201. The van der Waals surface area contributed by atoms with E-state index >= 15 is 0 Å². The van der Waals surface area contributed by atoms with E-state index in [9.17, 15) is 13.2 Å². The van der Waals surface area contributed by atoms with Crippen LogP contribution in [-0.4, -0.2) is 66.3 Å². The van der Waals surface area contributed by atoms with E-state index in [0.29, 0.717) is 16.5 Å². The molecule has 1 saturated heterocycles. The van der Waals surface area contributed by atoms with Crippen molar-refractivity contribution in [1.82, 2.24) is 10.2 Å². The quantitative estimate of drug-likeness (QED) is 0.373. The van der Waals surface area contributed by atoms with Gasteiger partial charge in [-0.15, -0.1) is 0 Å². The Morgan fingerprint density at radius 1 is 0.974 bits per heavy atom. The van der Waals surface area contributed by atoms with Crippen molar-refractivity contribution < 1.29 is 27.4 Å². The van der Waals surface area contributed by atoms with Crippen LogP contribution in [0.15, 0.2) is 71.6 Å². The highest BCUT2D eigenvalue weighted by Crippen LogP contribution is 2.32. The number of carbonyl (C=O) groups excluding carboxylic acids is 1. The molecule has 1 N–H and O–H groups in total. The number of nitrogens with zero attached hydrogens (tertiary/aromatic N) is 2. The molecule has 0 radical (unpaired) electrons. The summed E-state index contributed by atoms with van der Waals surface area (Å²) in [6.45, 7) is 3.87. The average Bonchev–Trinajstić information content (AvgIpc) is 2.95. The molecule has 3 aromatic carbocycles. The van der Waals surface area contributed by atoms with Crippen LogP contribution in [0.5, 0.6) is 11.5 Å². The molecule has 0 aliphatic carbocycles. The van der Waals surface area contributed by atoms with Gasteiger partial charge in [0.25, 0.3) is 10.0 Å². The van der Waals surface area contributed by atoms with E-state index in [1.165, 1.54) is 32.4 Å². The zero-order chi connectivity index (χ0) is 27.8. The Morgan fingerprint density at radius 2 is 1.67 bits per heavy atom. The Bertz CT molecular complexity index is 1380. The molecule has 0 saturated carbocycles. The van der Waals surface area contributed by atoms with E-state index in [4.69, 9.17) is 25.8 Å². The van der Waals surface area contributed by atoms with Gasteiger partial charge in [0.2, 0.25) is 5.91 Å². The number of amides is 1. The molecule has 11 heteroatoms. The first-order valence-corrected chi connectivity index (χ1v) is 14.3.